The number of carbonyl (C=O) groups is 1. The highest BCUT2D eigenvalue weighted by molar-refractivity contribution is 5.66. The molecule has 0 radical (unpaired) electrons. The number of carbonyl (C=O) groups excluding carboxylic acids is 1. The van der Waals surface area contributed by atoms with E-state index in [1.807, 2.05) is 6.92 Å². The highest BCUT2D eigenvalue weighted by atomic mass is 16.6. The molecule has 0 spiro atoms. The predicted octanol–water partition coefficient (Wildman–Crippen LogP) is 2.00. The first-order chi connectivity index (χ1) is 6.43. The molecule has 0 bridgehead atoms. The minimum Gasteiger partial charge on any atom is -0.460 e. The van der Waals surface area contributed by atoms with Gasteiger partial charge < -0.3 is 9.47 Å². The molecule has 0 aliphatic carbocycles. The predicted molar refractivity (Wildman–Crippen MR) is 53.9 cm³/mol. The zero-order chi connectivity index (χ0) is 10.9. The van der Waals surface area contributed by atoms with Crippen LogP contribution in [0.25, 0.3) is 0 Å². The van der Waals surface area contributed by atoms with Crippen LogP contribution >= 0.6 is 0 Å². The second kappa shape index (κ2) is 4.30. The van der Waals surface area contributed by atoms with Gasteiger partial charge in [0.05, 0.1) is 12.2 Å². The van der Waals surface area contributed by atoms with Gasteiger partial charge in [0.25, 0.3) is 0 Å². The maximum absolute atomic E-state index is 10.9. The van der Waals surface area contributed by atoms with Crippen LogP contribution in [0.2, 0.25) is 0 Å². The van der Waals surface area contributed by atoms with Crippen molar-refractivity contribution < 1.29 is 14.3 Å². The van der Waals surface area contributed by atoms with Crippen molar-refractivity contribution in [1.29, 1.82) is 0 Å². The largest absolute Gasteiger partial charge is 0.460 e. The maximum Gasteiger partial charge on any atom is 0.303 e. The summed E-state index contributed by atoms with van der Waals surface area (Å²) in [5.74, 6) is 0.562. The first-order valence-electron chi connectivity index (χ1n) is 5.26. The zero-order valence-electron chi connectivity index (χ0n) is 9.61. The summed E-state index contributed by atoms with van der Waals surface area (Å²) in [7, 11) is 0. The van der Waals surface area contributed by atoms with Crippen molar-refractivity contribution in [2.45, 2.75) is 52.9 Å². The Labute approximate surface area is 85.8 Å². The molecular formula is C11H20O3. The van der Waals surface area contributed by atoms with Crippen molar-refractivity contribution in [1.82, 2.24) is 0 Å². The molecule has 3 nitrogen and oxygen atoms in total. The topological polar surface area (TPSA) is 35.5 Å². The van der Waals surface area contributed by atoms with E-state index in [0.29, 0.717) is 11.8 Å². The van der Waals surface area contributed by atoms with Gasteiger partial charge in [0.2, 0.25) is 0 Å². The van der Waals surface area contributed by atoms with Crippen molar-refractivity contribution in [2.75, 3.05) is 0 Å². The Morgan fingerprint density at radius 2 is 1.64 bits per heavy atom. The molecule has 0 aromatic heterocycles. The lowest BCUT2D eigenvalue weighted by molar-refractivity contribution is -0.187. The van der Waals surface area contributed by atoms with E-state index in [2.05, 4.69) is 20.8 Å². The lowest BCUT2D eigenvalue weighted by atomic mass is 9.82. The van der Waals surface area contributed by atoms with Crippen LogP contribution in [0.4, 0.5) is 0 Å². The van der Waals surface area contributed by atoms with Gasteiger partial charge in [-0.15, -0.1) is 0 Å². The minimum absolute atomic E-state index is 0.0000926. The molecule has 0 saturated carbocycles. The van der Waals surface area contributed by atoms with Gasteiger partial charge in [-0.25, -0.2) is 0 Å². The van der Waals surface area contributed by atoms with E-state index >= 15 is 0 Å². The lowest BCUT2D eigenvalue weighted by Crippen LogP contribution is -2.48. The Hall–Kier alpha value is -0.570. The molecule has 1 aliphatic rings. The standard InChI is InChI=1S/C11H20O3/c1-6-7(2)11(14-10(5)12)9(4)13-8(6)3/h6-9,11H,1-5H3/t6-,7?,8-,9?,11-/m0/s1. The number of hydrogen-bond acceptors (Lipinski definition) is 3. The van der Waals surface area contributed by atoms with Gasteiger partial charge in [0.1, 0.15) is 6.10 Å². The number of esters is 1. The van der Waals surface area contributed by atoms with Crippen molar-refractivity contribution in [3.8, 4) is 0 Å². The third-order valence-corrected chi connectivity index (χ3v) is 3.28. The molecule has 1 saturated heterocycles. The van der Waals surface area contributed by atoms with Crippen molar-refractivity contribution in [2.24, 2.45) is 11.8 Å². The smallest absolute Gasteiger partial charge is 0.303 e. The molecule has 14 heavy (non-hydrogen) atoms. The third-order valence-electron chi connectivity index (χ3n) is 3.28. The summed E-state index contributed by atoms with van der Waals surface area (Å²) in [6.07, 6.45) is 0.144. The van der Waals surface area contributed by atoms with Crippen LogP contribution in [-0.4, -0.2) is 24.3 Å². The first kappa shape index (κ1) is 11.5. The van der Waals surface area contributed by atoms with E-state index in [0.717, 1.165) is 0 Å². The fourth-order valence-corrected chi connectivity index (χ4v) is 2.09. The number of rotatable bonds is 1. The van der Waals surface area contributed by atoms with Crippen LogP contribution in [0.5, 0.6) is 0 Å². The van der Waals surface area contributed by atoms with Crippen LogP contribution in [0.15, 0.2) is 0 Å². The van der Waals surface area contributed by atoms with Crippen LogP contribution in [-0.2, 0) is 14.3 Å². The summed E-state index contributed by atoms with van der Waals surface area (Å²) >= 11 is 0. The molecular weight excluding hydrogens is 180 g/mol. The average molecular weight is 200 g/mol. The van der Waals surface area contributed by atoms with Crippen LogP contribution < -0.4 is 0 Å². The first-order valence-corrected chi connectivity index (χ1v) is 5.26. The molecule has 1 fully saturated rings. The van der Waals surface area contributed by atoms with Crippen LogP contribution in [0, 0.1) is 11.8 Å². The maximum atomic E-state index is 10.9. The van der Waals surface area contributed by atoms with Gasteiger partial charge in [-0.3, -0.25) is 4.79 Å². The van der Waals surface area contributed by atoms with Gasteiger partial charge in [0.15, 0.2) is 0 Å². The van der Waals surface area contributed by atoms with E-state index in [9.17, 15) is 4.79 Å². The average Bonchev–Trinajstić information content (AvgIpc) is 2.09. The van der Waals surface area contributed by atoms with Crippen LogP contribution in [0.1, 0.15) is 34.6 Å². The molecule has 0 N–H and O–H groups in total. The van der Waals surface area contributed by atoms with Crippen molar-refractivity contribution in [3.05, 3.63) is 0 Å². The Balaban J connectivity index is 2.68. The van der Waals surface area contributed by atoms with Gasteiger partial charge in [0, 0.05) is 12.8 Å². The monoisotopic (exact) mass is 200 g/mol. The summed E-state index contributed by atoms with van der Waals surface area (Å²) in [6, 6.07) is 0. The summed E-state index contributed by atoms with van der Waals surface area (Å²) < 4.78 is 11.0. The molecule has 3 heteroatoms. The molecule has 82 valence electrons. The fraction of sp³-hybridized carbons (Fsp3) is 0.909. The van der Waals surface area contributed by atoms with E-state index in [1.165, 1.54) is 6.92 Å². The number of hydrogen-bond donors (Lipinski definition) is 0. The lowest BCUT2D eigenvalue weighted by Gasteiger charge is -2.41. The summed E-state index contributed by atoms with van der Waals surface area (Å²) in [6.45, 7) is 9.74. The highest BCUT2D eigenvalue weighted by Gasteiger charge is 2.39. The molecule has 1 heterocycles. The second-order valence-electron chi connectivity index (χ2n) is 4.34. The fourth-order valence-electron chi connectivity index (χ4n) is 2.09. The van der Waals surface area contributed by atoms with E-state index in [4.69, 9.17) is 9.47 Å². The molecule has 1 aliphatic heterocycles. The minimum atomic E-state index is -0.223. The normalized spacial score (nSPS) is 43.4. The zero-order valence-corrected chi connectivity index (χ0v) is 9.61. The molecule has 2 unspecified atom stereocenters. The highest BCUT2D eigenvalue weighted by Crippen LogP contribution is 2.32. The van der Waals surface area contributed by atoms with Gasteiger partial charge in [-0.1, -0.05) is 13.8 Å². The van der Waals surface area contributed by atoms with Crippen LogP contribution in [0.3, 0.4) is 0 Å². The molecule has 5 atom stereocenters. The van der Waals surface area contributed by atoms with E-state index in [-0.39, 0.29) is 24.3 Å². The summed E-state index contributed by atoms with van der Waals surface area (Å²) in [5, 5.41) is 0. The Bertz CT molecular complexity index is 215. The van der Waals surface area contributed by atoms with E-state index in [1.54, 1.807) is 0 Å². The summed E-state index contributed by atoms with van der Waals surface area (Å²) in [5.41, 5.74) is 0. The molecule has 0 aromatic rings. The van der Waals surface area contributed by atoms with E-state index < -0.39 is 0 Å². The quantitative estimate of drug-likeness (QED) is 0.607. The number of ether oxygens (including phenoxy) is 2. The van der Waals surface area contributed by atoms with Crippen molar-refractivity contribution >= 4 is 5.97 Å². The Kier molecular flexibility index (Phi) is 3.53. The van der Waals surface area contributed by atoms with Crippen molar-refractivity contribution in [3.63, 3.8) is 0 Å². The SMILES string of the molecule is CC(=O)O[C@@H]1C(C)O[C@@H](C)[C@@H](C)C1C. The van der Waals surface area contributed by atoms with Gasteiger partial charge in [-0.05, 0) is 19.8 Å². The van der Waals surface area contributed by atoms with Gasteiger partial charge >= 0.3 is 5.97 Å². The Morgan fingerprint density at radius 3 is 2.14 bits per heavy atom. The Morgan fingerprint density at radius 1 is 1.07 bits per heavy atom. The van der Waals surface area contributed by atoms with Gasteiger partial charge in [-0.2, -0.15) is 0 Å². The molecule has 0 aromatic carbocycles. The molecule has 0 amide bonds. The summed E-state index contributed by atoms with van der Waals surface area (Å²) in [4.78, 5) is 10.9. The molecule has 1 rings (SSSR count). The third kappa shape index (κ3) is 2.27. The second-order valence-corrected chi connectivity index (χ2v) is 4.34.